The molecule has 156 valence electrons. The standard InChI is InChI=1S/C19H24ClN5O4/c1-3-4-9-21-18-22-16-15(17(27)23-19(28)24(16)2)25(18)10-13(26)11-29-14-7-5-12(20)6-8-14/h5-8,13,26H,3-4,9-11H2,1-2H3,(H,21,22)(H,23,27,28)/t13-/m0/s1. The van der Waals surface area contributed by atoms with E-state index in [0.717, 1.165) is 12.8 Å². The van der Waals surface area contributed by atoms with E-state index in [4.69, 9.17) is 16.3 Å². The summed E-state index contributed by atoms with van der Waals surface area (Å²) >= 11 is 5.85. The van der Waals surface area contributed by atoms with Crippen molar-refractivity contribution in [3.8, 4) is 5.75 Å². The largest absolute Gasteiger partial charge is 0.491 e. The first-order valence-electron chi connectivity index (χ1n) is 9.40. The molecule has 10 heteroatoms. The molecule has 3 N–H and O–H groups in total. The normalized spacial score (nSPS) is 12.3. The summed E-state index contributed by atoms with van der Waals surface area (Å²) < 4.78 is 8.45. The summed E-state index contributed by atoms with van der Waals surface area (Å²) in [5.74, 6) is 0.996. The number of rotatable bonds is 9. The van der Waals surface area contributed by atoms with Crippen LogP contribution in [0.2, 0.25) is 5.02 Å². The van der Waals surface area contributed by atoms with E-state index in [0.29, 0.717) is 23.3 Å². The molecule has 0 spiro atoms. The van der Waals surface area contributed by atoms with E-state index in [-0.39, 0.29) is 24.3 Å². The maximum atomic E-state index is 12.4. The quantitative estimate of drug-likeness (QED) is 0.453. The van der Waals surface area contributed by atoms with Gasteiger partial charge in [0.15, 0.2) is 11.2 Å². The van der Waals surface area contributed by atoms with Gasteiger partial charge in [-0.15, -0.1) is 0 Å². The number of H-pyrrole nitrogens is 1. The molecule has 29 heavy (non-hydrogen) atoms. The van der Waals surface area contributed by atoms with E-state index in [2.05, 4.69) is 22.2 Å². The van der Waals surface area contributed by atoms with Gasteiger partial charge < -0.3 is 19.7 Å². The van der Waals surface area contributed by atoms with E-state index >= 15 is 0 Å². The topological polar surface area (TPSA) is 114 Å². The highest BCUT2D eigenvalue weighted by Crippen LogP contribution is 2.18. The maximum Gasteiger partial charge on any atom is 0.329 e. The van der Waals surface area contributed by atoms with Crippen molar-refractivity contribution in [3.63, 3.8) is 0 Å². The molecule has 1 atom stereocenters. The third-order valence-corrected chi connectivity index (χ3v) is 4.72. The molecule has 0 radical (unpaired) electrons. The van der Waals surface area contributed by atoms with E-state index < -0.39 is 17.4 Å². The number of aliphatic hydroxyl groups is 1. The molecule has 0 aliphatic carbocycles. The van der Waals surface area contributed by atoms with Gasteiger partial charge in [-0.3, -0.25) is 14.3 Å². The number of fused-ring (bicyclic) bond motifs is 1. The van der Waals surface area contributed by atoms with Crippen LogP contribution in [-0.2, 0) is 13.6 Å². The summed E-state index contributed by atoms with van der Waals surface area (Å²) in [4.78, 5) is 31.0. The van der Waals surface area contributed by atoms with Crippen molar-refractivity contribution in [2.24, 2.45) is 7.05 Å². The van der Waals surface area contributed by atoms with Crippen molar-refractivity contribution in [1.82, 2.24) is 19.1 Å². The minimum atomic E-state index is -0.911. The van der Waals surface area contributed by atoms with Crippen LogP contribution in [0.5, 0.6) is 5.75 Å². The second kappa shape index (κ2) is 9.15. The van der Waals surface area contributed by atoms with Crippen molar-refractivity contribution in [2.75, 3.05) is 18.5 Å². The van der Waals surface area contributed by atoms with Crippen LogP contribution in [0.1, 0.15) is 19.8 Å². The zero-order valence-electron chi connectivity index (χ0n) is 16.3. The fourth-order valence-corrected chi connectivity index (χ4v) is 3.04. The number of aliphatic hydroxyl groups excluding tert-OH is 1. The highest BCUT2D eigenvalue weighted by Gasteiger charge is 2.19. The summed E-state index contributed by atoms with van der Waals surface area (Å²) in [6.07, 6.45) is 0.997. The van der Waals surface area contributed by atoms with Gasteiger partial charge in [0.1, 0.15) is 18.5 Å². The molecule has 0 bridgehead atoms. The molecular weight excluding hydrogens is 398 g/mol. The van der Waals surface area contributed by atoms with E-state index in [1.165, 1.54) is 11.6 Å². The van der Waals surface area contributed by atoms with E-state index in [1.54, 1.807) is 28.8 Å². The van der Waals surface area contributed by atoms with E-state index in [9.17, 15) is 14.7 Å². The number of anilines is 1. The van der Waals surface area contributed by atoms with Crippen LogP contribution in [0.4, 0.5) is 5.95 Å². The summed E-state index contributed by atoms with van der Waals surface area (Å²) in [7, 11) is 1.54. The van der Waals surface area contributed by atoms with Crippen LogP contribution in [0.15, 0.2) is 33.9 Å². The molecule has 2 heterocycles. The van der Waals surface area contributed by atoms with Crippen LogP contribution in [-0.4, -0.2) is 43.5 Å². The molecule has 0 unspecified atom stereocenters. The molecule has 2 aromatic heterocycles. The Hall–Kier alpha value is -2.78. The second-order valence-electron chi connectivity index (χ2n) is 6.74. The van der Waals surface area contributed by atoms with Gasteiger partial charge in [0, 0.05) is 18.6 Å². The first kappa shape index (κ1) is 20.9. The van der Waals surface area contributed by atoms with Crippen molar-refractivity contribution < 1.29 is 9.84 Å². The van der Waals surface area contributed by atoms with Crippen LogP contribution in [0.25, 0.3) is 11.2 Å². The fourth-order valence-electron chi connectivity index (χ4n) is 2.91. The highest BCUT2D eigenvalue weighted by molar-refractivity contribution is 6.30. The van der Waals surface area contributed by atoms with Crippen LogP contribution < -0.4 is 21.3 Å². The highest BCUT2D eigenvalue weighted by atomic mass is 35.5. The third kappa shape index (κ3) is 4.80. The number of benzene rings is 1. The van der Waals surface area contributed by atoms with Crippen molar-refractivity contribution in [1.29, 1.82) is 0 Å². The number of aromatic nitrogens is 4. The lowest BCUT2D eigenvalue weighted by Gasteiger charge is -2.16. The molecule has 0 fully saturated rings. The first-order valence-corrected chi connectivity index (χ1v) is 9.78. The molecule has 9 nitrogen and oxygen atoms in total. The molecule has 0 aliphatic heterocycles. The Morgan fingerprint density at radius 1 is 1.31 bits per heavy atom. The Bertz CT molecular complexity index is 1090. The summed E-state index contributed by atoms with van der Waals surface area (Å²) in [5.41, 5.74) is -0.621. The molecule has 1 aromatic carbocycles. The van der Waals surface area contributed by atoms with Gasteiger partial charge in [0.2, 0.25) is 5.95 Å². The van der Waals surface area contributed by atoms with Gasteiger partial charge in [0.05, 0.1) is 6.54 Å². The molecule has 0 amide bonds. The molecule has 0 aliphatic rings. The third-order valence-electron chi connectivity index (χ3n) is 4.47. The lowest BCUT2D eigenvalue weighted by Crippen LogP contribution is -2.31. The lowest BCUT2D eigenvalue weighted by molar-refractivity contribution is 0.0938. The van der Waals surface area contributed by atoms with Gasteiger partial charge in [-0.25, -0.2) is 4.79 Å². The molecule has 0 saturated carbocycles. The Balaban J connectivity index is 1.86. The molecule has 0 saturated heterocycles. The second-order valence-corrected chi connectivity index (χ2v) is 7.17. The lowest BCUT2D eigenvalue weighted by atomic mass is 10.3. The zero-order valence-corrected chi connectivity index (χ0v) is 17.1. The van der Waals surface area contributed by atoms with Gasteiger partial charge in [-0.1, -0.05) is 24.9 Å². The zero-order chi connectivity index (χ0) is 21.0. The monoisotopic (exact) mass is 421 g/mol. The summed E-state index contributed by atoms with van der Waals surface area (Å²) in [6.45, 7) is 2.80. The van der Waals surface area contributed by atoms with Crippen LogP contribution >= 0.6 is 11.6 Å². The van der Waals surface area contributed by atoms with Crippen molar-refractivity contribution in [2.45, 2.75) is 32.4 Å². The van der Waals surface area contributed by atoms with Gasteiger partial charge >= 0.3 is 5.69 Å². The minimum Gasteiger partial charge on any atom is -0.491 e. The molecular formula is C19H24ClN5O4. The van der Waals surface area contributed by atoms with E-state index in [1.807, 2.05) is 0 Å². The van der Waals surface area contributed by atoms with Gasteiger partial charge in [-0.05, 0) is 30.7 Å². The minimum absolute atomic E-state index is 0.0133. The van der Waals surface area contributed by atoms with Gasteiger partial charge in [-0.2, -0.15) is 4.98 Å². The smallest absolute Gasteiger partial charge is 0.329 e. The predicted octanol–water partition coefficient (Wildman–Crippen LogP) is 1.73. The van der Waals surface area contributed by atoms with Crippen molar-refractivity contribution >= 4 is 28.7 Å². The number of hydrogen-bond acceptors (Lipinski definition) is 6. The van der Waals surface area contributed by atoms with Gasteiger partial charge in [0.25, 0.3) is 5.56 Å². The predicted molar refractivity (Wildman–Crippen MR) is 112 cm³/mol. The number of ether oxygens (including phenoxy) is 1. The number of hydrogen-bond donors (Lipinski definition) is 3. The molecule has 3 aromatic rings. The SMILES string of the molecule is CCCCNc1nc2c(c(=O)[nH]c(=O)n2C)n1C[C@H](O)COc1ccc(Cl)cc1. The Morgan fingerprint density at radius 3 is 2.72 bits per heavy atom. The Kier molecular flexibility index (Phi) is 6.60. The average Bonchev–Trinajstić information content (AvgIpc) is 3.05. The Morgan fingerprint density at radius 2 is 2.03 bits per heavy atom. The maximum absolute atomic E-state index is 12.4. The number of imidazole rings is 1. The number of aromatic amines is 1. The number of unbranched alkanes of at least 4 members (excludes halogenated alkanes) is 1. The number of nitrogens with zero attached hydrogens (tertiary/aromatic N) is 3. The number of aryl methyl sites for hydroxylation is 1. The van der Waals surface area contributed by atoms with Crippen molar-refractivity contribution in [3.05, 3.63) is 50.1 Å². The number of nitrogens with one attached hydrogen (secondary N) is 2. The Labute approximate surface area is 171 Å². The fraction of sp³-hybridized carbons (Fsp3) is 0.421. The average molecular weight is 422 g/mol. The van der Waals surface area contributed by atoms with Crippen LogP contribution in [0.3, 0.4) is 0 Å². The number of halogens is 1. The summed E-state index contributed by atoms with van der Waals surface area (Å²) in [6, 6.07) is 6.81. The first-order chi connectivity index (χ1) is 13.9. The molecule has 3 rings (SSSR count). The summed E-state index contributed by atoms with van der Waals surface area (Å²) in [5, 5.41) is 14.3. The van der Waals surface area contributed by atoms with Crippen LogP contribution in [0, 0.1) is 0 Å².